The van der Waals surface area contributed by atoms with Crippen molar-refractivity contribution >= 4 is 35.0 Å². The first-order chi connectivity index (χ1) is 15.1. The number of fused-ring (bicyclic) bond motifs is 2. The molecule has 2 amide bonds. The number of carbonyl (C=O) groups excluding carboxylic acids is 2. The van der Waals surface area contributed by atoms with Crippen molar-refractivity contribution in [2.75, 3.05) is 15.6 Å². The van der Waals surface area contributed by atoms with Gasteiger partial charge in [-0.15, -0.1) is 11.8 Å². The van der Waals surface area contributed by atoms with Crippen LogP contribution in [0.4, 0.5) is 15.8 Å². The topological polar surface area (TPSA) is 40.6 Å². The van der Waals surface area contributed by atoms with Crippen molar-refractivity contribution in [1.82, 2.24) is 0 Å². The lowest BCUT2D eigenvalue weighted by molar-refractivity contribution is -0.123. The number of nitrogens with zero attached hydrogens (tertiary/aromatic N) is 2. The zero-order valence-electron chi connectivity index (χ0n) is 17.0. The van der Waals surface area contributed by atoms with E-state index >= 15 is 0 Å². The fourth-order valence-electron chi connectivity index (χ4n) is 4.39. The highest BCUT2D eigenvalue weighted by Gasteiger charge is 2.60. The molecule has 3 aromatic rings. The van der Waals surface area contributed by atoms with Crippen LogP contribution in [0.15, 0.2) is 72.8 Å². The largest absolute Gasteiger partial charge is 0.304 e. The molecule has 1 saturated heterocycles. The number of halogens is 1. The summed E-state index contributed by atoms with van der Waals surface area (Å²) in [4.78, 5) is 29.0. The van der Waals surface area contributed by atoms with Crippen molar-refractivity contribution in [1.29, 1.82) is 0 Å². The van der Waals surface area contributed by atoms with Crippen molar-refractivity contribution in [3.63, 3.8) is 0 Å². The number of para-hydroxylation sites is 1. The maximum atomic E-state index is 14.4. The Kier molecular flexibility index (Phi) is 4.82. The smallest absolute Gasteiger partial charge is 0.269 e. The first kappa shape index (κ1) is 19.8. The van der Waals surface area contributed by atoms with Crippen LogP contribution in [0, 0.1) is 5.82 Å². The van der Waals surface area contributed by atoms with Crippen LogP contribution in [0.1, 0.15) is 23.6 Å². The van der Waals surface area contributed by atoms with E-state index in [-0.39, 0.29) is 29.9 Å². The summed E-state index contributed by atoms with van der Waals surface area (Å²) in [6.07, 6.45) is 0.895. The van der Waals surface area contributed by atoms with Crippen LogP contribution in [-0.4, -0.2) is 17.6 Å². The highest BCUT2D eigenvalue weighted by molar-refractivity contribution is 8.02. The Balaban J connectivity index is 1.63. The van der Waals surface area contributed by atoms with E-state index in [1.807, 2.05) is 48.5 Å². The molecule has 0 bridgehead atoms. The highest BCUT2D eigenvalue weighted by Crippen LogP contribution is 2.55. The molecule has 5 rings (SSSR count). The molecule has 0 radical (unpaired) electrons. The van der Waals surface area contributed by atoms with Gasteiger partial charge in [0.25, 0.3) is 5.91 Å². The van der Waals surface area contributed by atoms with Gasteiger partial charge in [0.1, 0.15) is 5.82 Å². The van der Waals surface area contributed by atoms with Crippen molar-refractivity contribution in [2.24, 2.45) is 0 Å². The lowest BCUT2D eigenvalue weighted by Crippen LogP contribution is -2.49. The van der Waals surface area contributed by atoms with Crippen molar-refractivity contribution in [2.45, 2.75) is 24.8 Å². The second-order valence-electron chi connectivity index (χ2n) is 7.68. The first-order valence-corrected chi connectivity index (χ1v) is 11.3. The van der Waals surface area contributed by atoms with Gasteiger partial charge in [0.05, 0.1) is 18.0 Å². The Morgan fingerprint density at radius 3 is 2.42 bits per heavy atom. The van der Waals surface area contributed by atoms with Gasteiger partial charge in [-0.3, -0.25) is 14.5 Å². The molecule has 0 unspecified atom stereocenters. The SMILES string of the molecule is CCc1ccc(N2C(=O)CS[C@@]23C(=O)N(Cc2ccccc2F)c2ccccc23)cc1. The van der Waals surface area contributed by atoms with Crippen molar-refractivity contribution in [3.8, 4) is 0 Å². The number of amides is 2. The van der Waals surface area contributed by atoms with E-state index in [9.17, 15) is 14.0 Å². The molecule has 3 aromatic carbocycles. The minimum atomic E-state index is -1.17. The number of carbonyl (C=O) groups is 2. The van der Waals surface area contributed by atoms with Gasteiger partial charge in [-0.05, 0) is 36.2 Å². The second-order valence-corrected chi connectivity index (χ2v) is 8.85. The van der Waals surface area contributed by atoms with Gasteiger partial charge in [0.15, 0.2) is 0 Å². The van der Waals surface area contributed by atoms with Crippen LogP contribution in [0.25, 0.3) is 0 Å². The van der Waals surface area contributed by atoms with Crippen LogP contribution in [0.2, 0.25) is 0 Å². The molecule has 1 spiro atoms. The molecule has 0 aliphatic carbocycles. The van der Waals surface area contributed by atoms with Gasteiger partial charge in [0.2, 0.25) is 10.8 Å². The molecule has 1 atom stereocenters. The van der Waals surface area contributed by atoms with E-state index in [0.717, 1.165) is 17.5 Å². The summed E-state index contributed by atoms with van der Waals surface area (Å²) in [5.74, 6) is -0.461. The van der Waals surface area contributed by atoms with E-state index in [1.54, 1.807) is 28.0 Å². The average molecular weight is 433 g/mol. The second kappa shape index (κ2) is 7.54. The number of rotatable bonds is 4. The van der Waals surface area contributed by atoms with Gasteiger partial charge in [-0.2, -0.15) is 0 Å². The van der Waals surface area contributed by atoms with Gasteiger partial charge in [-0.1, -0.05) is 55.5 Å². The molecule has 2 heterocycles. The summed E-state index contributed by atoms with van der Waals surface area (Å²) in [6.45, 7) is 2.19. The lowest BCUT2D eigenvalue weighted by Gasteiger charge is -2.33. The number of benzene rings is 3. The number of anilines is 2. The molecule has 6 heteroatoms. The summed E-state index contributed by atoms with van der Waals surface area (Å²) in [6, 6.07) is 21.8. The summed E-state index contributed by atoms with van der Waals surface area (Å²) in [5, 5.41) is 0. The minimum Gasteiger partial charge on any atom is -0.304 e. The Labute approximate surface area is 184 Å². The normalized spacial score (nSPS) is 20.1. The third-order valence-corrected chi connectivity index (χ3v) is 7.34. The van der Waals surface area contributed by atoms with Gasteiger partial charge < -0.3 is 4.90 Å². The third kappa shape index (κ3) is 2.97. The van der Waals surface area contributed by atoms with E-state index in [0.29, 0.717) is 16.9 Å². The van der Waals surface area contributed by atoms with Crippen LogP contribution in [0.3, 0.4) is 0 Å². The molecule has 0 N–H and O–H groups in total. The summed E-state index contributed by atoms with van der Waals surface area (Å²) in [5.41, 5.74) is 3.79. The molecule has 31 heavy (non-hydrogen) atoms. The summed E-state index contributed by atoms with van der Waals surface area (Å²) < 4.78 is 14.4. The Morgan fingerprint density at radius 1 is 0.968 bits per heavy atom. The predicted molar refractivity (Wildman–Crippen MR) is 121 cm³/mol. The minimum absolute atomic E-state index is 0.106. The number of hydrogen-bond acceptors (Lipinski definition) is 3. The van der Waals surface area contributed by atoms with Crippen LogP contribution < -0.4 is 9.80 Å². The van der Waals surface area contributed by atoms with Crippen molar-refractivity contribution in [3.05, 3.63) is 95.3 Å². The molecule has 156 valence electrons. The molecule has 1 fully saturated rings. The monoisotopic (exact) mass is 432 g/mol. The summed E-state index contributed by atoms with van der Waals surface area (Å²) >= 11 is 1.33. The Morgan fingerprint density at radius 2 is 1.68 bits per heavy atom. The van der Waals surface area contributed by atoms with Crippen LogP contribution in [0.5, 0.6) is 0 Å². The van der Waals surface area contributed by atoms with E-state index < -0.39 is 4.87 Å². The molecule has 0 saturated carbocycles. The molecular formula is C25H21FN2O2S. The average Bonchev–Trinajstić information content (AvgIpc) is 3.26. The van der Waals surface area contributed by atoms with E-state index in [4.69, 9.17) is 0 Å². The molecule has 4 nitrogen and oxygen atoms in total. The highest BCUT2D eigenvalue weighted by atomic mass is 32.2. The number of thioether (sulfide) groups is 1. The fraction of sp³-hybridized carbons (Fsp3) is 0.200. The molecule has 0 aromatic heterocycles. The van der Waals surface area contributed by atoms with Crippen LogP contribution >= 0.6 is 11.8 Å². The maximum Gasteiger partial charge on any atom is 0.269 e. The number of aryl methyl sites for hydroxylation is 1. The third-order valence-electron chi connectivity index (χ3n) is 5.95. The van der Waals surface area contributed by atoms with Crippen molar-refractivity contribution < 1.29 is 14.0 Å². The maximum absolute atomic E-state index is 14.4. The zero-order chi connectivity index (χ0) is 21.6. The zero-order valence-corrected chi connectivity index (χ0v) is 17.9. The van der Waals surface area contributed by atoms with E-state index in [1.165, 1.54) is 17.8 Å². The Hall–Kier alpha value is -3.12. The fourth-order valence-corrected chi connectivity index (χ4v) is 5.75. The molecule has 2 aliphatic heterocycles. The Bertz CT molecular complexity index is 1180. The first-order valence-electron chi connectivity index (χ1n) is 10.3. The number of hydrogen-bond donors (Lipinski definition) is 0. The molecular weight excluding hydrogens is 411 g/mol. The van der Waals surface area contributed by atoms with E-state index in [2.05, 4.69) is 6.92 Å². The van der Waals surface area contributed by atoms with Gasteiger partial charge >= 0.3 is 0 Å². The van der Waals surface area contributed by atoms with Gasteiger partial charge in [-0.25, -0.2) is 4.39 Å². The van der Waals surface area contributed by atoms with Crippen LogP contribution in [-0.2, 0) is 27.4 Å². The predicted octanol–water partition coefficient (Wildman–Crippen LogP) is 4.87. The summed E-state index contributed by atoms with van der Waals surface area (Å²) in [7, 11) is 0. The van der Waals surface area contributed by atoms with Gasteiger partial charge in [0, 0.05) is 16.8 Å². The standard InChI is InChI=1S/C25H21FN2O2S/c1-2-17-11-13-19(14-12-17)28-23(29)16-31-25(28)20-8-4-6-10-22(20)27(24(25)30)15-18-7-3-5-9-21(18)26/h3-14H,2,15-16H2,1H3/t25-/m0/s1. The lowest BCUT2D eigenvalue weighted by atomic mass is 10.0. The quantitative estimate of drug-likeness (QED) is 0.591. The molecule has 2 aliphatic rings.